The average molecular weight is 547 g/mol. The second-order valence-corrected chi connectivity index (χ2v) is 10.8. The quantitative estimate of drug-likeness (QED) is 0.558. The Morgan fingerprint density at radius 1 is 1.15 bits per heavy atom. The van der Waals surface area contributed by atoms with Crippen molar-refractivity contribution in [2.45, 2.75) is 26.3 Å². The van der Waals surface area contributed by atoms with Crippen molar-refractivity contribution in [3.63, 3.8) is 0 Å². The van der Waals surface area contributed by atoms with E-state index in [1.54, 1.807) is 14.0 Å². The van der Waals surface area contributed by atoms with Crippen LogP contribution in [0.25, 0.3) is 0 Å². The number of benzene rings is 1. The van der Waals surface area contributed by atoms with Gasteiger partial charge in [0.15, 0.2) is 0 Å². The zero-order valence-electron chi connectivity index (χ0n) is 19.0. The third kappa shape index (κ3) is 6.37. The second-order valence-electron chi connectivity index (χ2n) is 7.96. The Hall–Kier alpha value is -1.89. The fourth-order valence-corrected chi connectivity index (χ4v) is 6.15. The summed E-state index contributed by atoms with van der Waals surface area (Å²) in [5.41, 5.74) is 0.833. The number of nitrogens with zero attached hydrogens (tertiary/aromatic N) is 3. The van der Waals surface area contributed by atoms with Crippen LogP contribution in [0.2, 0.25) is 0 Å². The van der Waals surface area contributed by atoms with E-state index >= 15 is 0 Å². The van der Waals surface area contributed by atoms with Crippen molar-refractivity contribution in [1.29, 1.82) is 0 Å². The van der Waals surface area contributed by atoms with Gasteiger partial charge in [0.25, 0.3) is 10.2 Å². The van der Waals surface area contributed by atoms with Crippen LogP contribution in [0, 0.1) is 5.92 Å². The SMILES string of the molecule is CCOC(=O)N1CCN(S(=O)(=O)N2CCC[C@H](C(=O)NCc3cc(Br)ccc3OC)C2)CC1. The first-order valence-electron chi connectivity index (χ1n) is 11.0. The third-order valence-electron chi connectivity index (χ3n) is 5.87. The molecular formula is C21H31BrN4O6S. The number of carbonyl (C=O) groups is 2. The highest BCUT2D eigenvalue weighted by molar-refractivity contribution is 9.10. The van der Waals surface area contributed by atoms with Crippen molar-refractivity contribution in [3.8, 4) is 5.75 Å². The number of amides is 2. The summed E-state index contributed by atoms with van der Waals surface area (Å²) in [6.45, 7) is 3.80. The van der Waals surface area contributed by atoms with E-state index in [9.17, 15) is 18.0 Å². The Morgan fingerprint density at radius 2 is 1.88 bits per heavy atom. The molecule has 0 bridgehead atoms. The predicted octanol–water partition coefficient (Wildman–Crippen LogP) is 1.80. The van der Waals surface area contributed by atoms with E-state index in [-0.39, 0.29) is 45.2 Å². The molecule has 0 spiro atoms. The van der Waals surface area contributed by atoms with Gasteiger partial charge in [-0.15, -0.1) is 0 Å². The number of hydrogen-bond acceptors (Lipinski definition) is 6. The molecule has 0 unspecified atom stereocenters. The van der Waals surface area contributed by atoms with Gasteiger partial charge in [0, 0.05) is 55.8 Å². The van der Waals surface area contributed by atoms with Crippen molar-refractivity contribution in [1.82, 2.24) is 18.8 Å². The fraction of sp³-hybridized carbons (Fsp3) is 0.619. The highest BCUT2D eigenvalue weighted by Gasteiger charge is 2.37. The second kappa shape index (κ2) is 11.5. The molecule has 1 atom stereocenters. The van der Waals surface area contributed by atoms with Crippen LogP contribution in [0.1, 0.15) is 25.3 Å². The standard InChI is InChI=1S/C21H31BrN4O6S/c1-3-32-21(28)24-9-11-25(12-10-24)33(29,30)26-8-4-5-16(15-26)20(27)23-14-17-13-18(22)6-7-19(17)31-2/h6-7,13,16H,3-5,8-12,14-15H2,1-2H3,(H,23,27)/t16-/m0/s1. The van der Waals surface area contributed by atoms with Gasteiger partial charge >= 0.3 is 6.09 Å². The molecule has 1 aromatic rings. The molecular weight excluding hydrogens is 516 g/mol. The summed E-state index contributed by atoms with van der Waals surface area (Å²) < 4.78 is 40.3. The lowest BCUT2D eigenvalue weighted by molar-refractivity contribution is -0.126. The molecule has 2 amide bonds. The lowest BCUT2D eigenvalue weighted by Crippen LogP contribution is -2.56. The molecule has 12 heteroatoms. The van der Waals surface area contributed by atoms with Crippen LogP contribution in [0.3, 0.4) is 0 Å². The molecule has 3 rings (SSSR count). The van der Waals surface area contributed by atoms with Crippen LogP contribution in [0.15, 0.2) is 22.7 Å². The zero-order chi connectivity index (χ0) is 24.0. The smallest absolute Gasteiger partial charge is 0.409 e. The molecule has 2 saturated heterocycles. The Morgan fingerprint density at radius 3 is 2.55 bits per heavy atom. The number of halogens is 1. The first-order chi connectivity index (χ1) is 15.8. The van der Waals surface area contributed by atoms with Gasteiger partial charge in [0.1, 0.15) is 5.75 Å². The summed E-state index contributed by atoms with van der Waals surface area (Å²) in [4.78, 5) is 26.2. The van der Waals surface area contributed by atoms with Crippen LogP contribution in [0.4, 0.5) is 4.79 Å². The van der Waals surface area contributed by atoms with Crippen LogP contribution in [0.5, 0.6) is 5.75 Å². The average Bonchev–Trinajstić information content (AvgIpc) is 2.83. The maximum Gasteiger partial charge on any atom is 0.409 e. The number of piperidine rings is 1. The Balaban J connectivity index is 1.56. The van der Waals surface area contributed by atoms with Crippen LogP contribution in [-0.4, -0.2) is 86.9 Å². The first kappa shape index (κ1) is 25.7. The first-order valence-corrected chi connectivity index (χ1v) is 13.2. The minimum atomic E-state index is -3.71. The number of carbonyl (C=O) groups excluding carboxylic acids is 2. The van der Waals surface area contributed by atoms with Crippen molar-refractivity contribution >= 4 is 38.1 Å². The third-order valence-corrected chi connectivity index (χ3v) is 8.36. The lowest BCUT2D eigenvalue weighted by atomic mass is 9.98. The normalized spacial score (nSPS) is 20.3. The van der Waals surface area contributed by atoms with Gasteiger partial charge in [0.05, 0.1) is 19.6 Å². The molecule has 0 saturated carbocycles. The lowest BCUT2D eigenvalue weighted by Gasteiger charge is -2.38. The van der Waals surface area contributed by atoms with E-state index in [4.69, 9.17) is 9.47 Å². The summed E-state index contributed by atoms with van der Waals surface area (Å²) in [6, 6.07) is 5.56. The molecule has 2 aliphatic heterocycles. The molecule has 184 valence electrons. The fourth-order valence-electron chi connectivity index (χ4n) is 4.06. The Labute approximate surface area is 203 Å². The number of piperazine rings is 1. The van der Waals surface area contributed by atoms with E-state index in [1.807, 2.05) is 18.2 Å². The van der Waals surface area contributed by atoms with Gasteiger partial charge in [-0.1, -0.05) is 15.9 Å². The van der Waals surface area contributed by atoms with E-state index in [2.05, 4.69) is 21.2 Å². The summed E-state index contributed by atoms with van der Waals surface area (Å²) in [5, 5.41) is 2.92. The topological polar surface area (TPSA) is 108 Å². The minimum Gasteiger partial charge on any atom is -0.496 e. The van der Waals surface area contributed by atoms with Gasteiger partial charge in [-0.2, -0.15) is 17.0 Å². The molecule has 1 N–H and O–H groups in total. The molecule has 0 aromatic heterocycles. The molecule has 2 heterocycles. The molecule has 2 fully saturated rings. The molecule has 1 aromatic carbocycles. The van der Waals surface area contributed by atoms with Gasteiger partial charge in [0.2, 0.25) is 5.91 Å². The molecule has 33 heavy (non-hydrogen) atoms. The number of rotatable bonds is 7. The van der Waals surface area contributed by atoms with Crippen molar-refractivity contribution < 1.29 is 27.5 Å². The molecule has 10 nitrogen and oxygen atoms in total. The van der Waals surface area contributed by atoms with Crippen LogP contribution < -0.4 is 10.1 Å². The maximum absolute atomic E-state index is 13.2. The van der Waals surface area contributed by atoms with Gasteiger partial charge in [-0.05, 0) is 38.0 Å². The molecule has 2 aliphatic rings. The monoisotopic (exact) mass is 546 g/mol. The zero-order valence-corrected chi connectivity index (χ0v) is 21.4. The molecule has 0 radical (unpaired) electrons. The maximum atomic E-state index is 13.2. The summed E-state index contributed by atoms with van der Waals surface area (Å²) in [5.74, 6) is 0.0739. The van der Waals surface area contributed by atoms with E-state index in [0.717, 1.165) is 10.0 Å². The number of nitrogens with one attached hydrogen (secondary N) is 1. The van der Waals surface area contributed by atoms with Crippen molar-refractivity contribution in [3.05, 3.63) is 28.2 Å². The summed E-state index contributed by atoms with van der Waals surface area (Å²) >= 11 is 3.42. The number of methoxy groups -OCH3 is 1. The predicted molar refractivity (Wildman–Crippen MR) is 126 cm³/mol. The Kier molecular flexibility index (Phi) is 8.96. The van der Waals surface area contributed by atoms with Crippen LogP contribution >= 0.6 is 15.9 Å². The summed E-state index contributed by atoms with van der Waals surface area (Å²) in [7, 11) is -2.14. The number of hydrogen-bond donors (Lipinski definition) is 1. The van der Waals surface area contributed by atoms with Gasteiger partial charge in [-0.25, -0.2) is 4.79 Å². The number of ether oxygens (including phenoxy) is 2. The van der Waals surface area contributed by atoms with E-state index in [1.165, 1.54) is 13.5 Å². The molecule has 0 aliphatic carbocycles. The van der Waals surface area contributed by atoms with Crippen molar-refractivity contribution in [2.75, 3.05) is 53.0 Å². The van der Waals surface area contributed by atoms with E-state index in [0.29, 0.717) is 31.7 Å². The van der Waals surface area contributed by atoms with E-state index < -0.39 is 22.2 Å². The Bertz CT molecular complexity index is 952. The minimum absolute atomic E-state index is 0.141. The highest BCUT2D eigenvalue weighted by Crippen LogP contribution is 2.25. The summed E-state index contributed by atoms with van der Waals surface area (Å²) in [6.07, 6.45) is 0.816. The van der Waals surface area contributed by atoms with Gasteiger partial charge in [-0.3, -0.25) is 4.79 Å². The van der Waals surface area contributed by atoms with Crippen LogP contribution in [-0.2, 0) is 26.3 Å². The highest BCUT2D eigenvalue weighted by atomic mass is 79.9. The van der Waals surface area contributed by atoms with Crippen molar-refractivity contribution in [2.24, 2.45) is 5.92 Å². The van der Waals surface area contributed by atoms with Gasteiger partial charge < -0.3 is 19.7 Å². The largest absolute Gasteiger partial charge is 0.496 e.